The maximum absolute atomic E-state index is 12.3. The molecule has 5 nitrogen and oxygen atoms in total. The number of thioether (sulfide) groups is 1. The number of piperidine rings is 1. The van der Waals surface area contributed by atoms with Crippen LogP contribution in [0.15, 0.2) is 11.2 Å². The summed E-state index contributed by atoms with van der Waals surface area (Å²) < 4.78 is 0. The first-order chi connectivity index (χ1) is 9.95. The first-order valence-electron chi connectivity index (χ1n) is 7.44. The molecule has 1 aromatic rings. The largest absolute Gasteiger partial charge is 0.342 e. The molecule has 0 aliphatic carbocycles. The van der Waals surface area contributed by atoms with Crippen molar-refractivity contribution in [2.24, 2.45) is 11.7 Å². The van der Waals surface area contributed by atoms with Gasteiger partial charge in [-0.2, -0.15) is 0 Å². The fraction of sp³-hybridized carbons (Fsp3) is 0.667. The van der Waals surface area contributed by atoms with Crippen molar-refractivity contribution < 1.29 is 4.79 Å². The van der Waals surface area contributed by atoms with Crippen molar-refractivity contribution in [1.29, 1.82) is 0 Å². The Morgan fingerprint density at radius 1 is 1.45 bits per heavy atom. The molecule has 1 aliphatic heterocycles. The summed E-state index contributed by atoms with van der Waals surface area (Å²) in [7, 11) is 0. The summed E-state index contributed by atoms with van der Waals surface area (Å²) in [4.78, 5) is 23.0. The summed E-state index contributed by atoms with van der Waals surface area (Å²) in [5.41, 5.74) is 7.84. The number of hydrogen-bond donors (Lipinski definition) is 1. The Bertz CT molecular complexity index is 492. The molecule has 2 unspecified atom stereocenters. The first-order valence-corrected chi connectivity index (χ1v) is 8.42. The van der Waals surface area contributed by atoms with E-state index in [1.54, 1.807) is 0 Å². The van der Waals surface area contributed by atoms with Gasteiger partial charge in [0.1, 0.15) is 0 Å². The molecule has 0 spiro atoms. The third-order valence-corrected chi connectivity index (χ3v) is 4.67. The molecule has 0 radical (unpaired) electrons. The van der Waals surface area contributed by atoms with Crippen molar-refractivity contribution in [3.63, 3.8) is 0 Å². The van der Waals surface area contributed by atoms with Gasteiger partial charge in [0, 0.05) is 30.5 Å². The van der Waals surface area contributed by atoms with E-state index in [-0.39, 0.29) is 24.4 Å². The molecule has 1 saturated heterocycles. The number of aryl methyl sites for hydroxylation is 2. The van der Waals surface area contributed by atoms with Crippen LogP contribution in [0.5, 0.6) is 0 Å². The molecule has 0 bridgehead atoms. The summed E-state index contributed by atoms with van der Waals surface area (Å²) in [6.07, 6.45) is 2.16. The average Bonchev–Trinajstić information content (AvgIpc) is 2.44. The van der Waals surface area contributed by atoms with Gasteiger partial charge in [0.2, 0.25) is 5.91 Å². The van der Waals surface area contributed by atoms with Gasteiger partial charge in [-0.3, -0.25) is 4.79 Å². The Kier molecular flexibility index (Phi) is 7.59. The van der Waals surface area contributed by atoms with Crippen LogP contribution in [-0.4, -0.2) is 45.7 Å². The van der Waals surface area contributed by atoms with Crippen LogP contribution >= 0.6 is 24.2 Å². The zero-order valence-corrected chi connectivity index (χ0v) is 15.0. The van der Waals surface area contributed by atoms with Crippen LogP contribution in [0.1, 0.15) is 31.2 Å². The molecule has 124 valence electrons. The molecule has 7 heteroatoms. The van der Waals surface area contributed by atoms with Crippen LogP contribution < -0.4 is 5.73 Å². The van der Waals surface area contributed by atoms with Gasteiger partial charge in [0.15, 0.2) is 5.16 Å². The van der Waals surface area contributed by atoms with Crippen LogP contribution in [0.4, 0.5) is 0 Å². The maximum Gasteiger partial charge on any atom is 0.233 e. The summed E-state index contributed by atoms with van der Waals surface area (Å²) >= 11 is 1.42. The Labute approximate surface area is 142 Å². The second kappa shape index (κ2) is 8.70. The van der Waals surface area contributed by atoms with Gasteiger partial charge in [0.05, 0.1) is 5.75 Å². The number of nitrogens with zero attached hydrogens (tertiary/aromatic N) is 3. The molecule has 2 rings (SSSR count). The second-order valence-electron chi connectivity index (χ2n) is 5.82. The van der Waals surface area contributed by atoms with Crippen molar-refractivity contribution in [3.8, 4) is 0 Å². The Hall–Kier alpha value is -0.850. The maximum atomic E-state index is 12.3. The Morgan fingerprint density at radius 3 is 2.68 bits per heavy atom. The molecular formula is C15H25ClN4OS. The molecule has 0 aromatic carbocycles. The van der Waals surface area contributed by atoms with E-state index in [4.69, 9.17) is 5.73 Å². The molecule has 2 atom stereocenters. The van der Waals surface area contributed by atoms with Crippen molar-refractivity contribution in [2.45, 2.75) is 44.8 Å². The van der Waals surface area contributed by atoms with Crippen LogP contribution in [0.2, 0.25) is 0 Å². The highest BCUT2D eigenvalue weighted by molar-refractivity contribution is 7.99. The number of rotatable bonds is 4. The zero-order valence-electron chi connectivity index (χ0n) is 13.4. The summed E-state index contributed by atoms with van der Waals surface area (Å²) in [5, 5.41) is 0.682. The number of hydrogen-bond acceptors (Lipinski definition) is 5. The average molecular weight is 345 g/mol. The van der Waals surface area contributed by atoms with Crippen molar-refractivity contribution in [3.05, 3.63) is 17.5 Å². The number of halogens is 1. The van der Waals surface area contributed by atoms with Crippen LogP contribution in [0, 0.1) is 19.8 Å². The van der Waals surface area contributed by atoms with Gasteiger partial charge in [-0.05, 0) is 45.6 Å². The fourth-order valence-corrected chi connectivity index (χ4v) is 3.49. The number of likely N-dealkylation sites (tertiary alicyclic amines) is 1. The van der Waals surface area contributed by atoms with E-state index in [0.717, 1.165) is 37.3 Å². The molecule has 22 heavy (non-hydrogen) atoms. The van der Waals surface area contributed by atoms with Gasteiger partial charge in [-0.15, -0.1) is 12.4 Å². The number of carbonyl (C=O) groups excluding carboxylic acids is 1. The first kappa shape index (κ1) is 19.2. The topological polar surface area (TPSA) is 72.1 Å². The molecule has 0 saturated carbocycles. The summed E-state index contributed by atoms with van der Waals surface area (Å²) in [6, 6.07) is 2.08. The lowest BCUT2D eigenvalue weighted by atomic mass is 9.92. The molecule has 1 aliphatic rings. The minimum atomic E-state index is 0. The lowest BCUT2D eigenvalue weighted by Crippen LogP contribution is -2.45. The van der Waals surface area contributed by atoms with Crippen LogP contribution in [-0.2, 0) is 4.79 Å². The van der Waals surface area contributed by atoms with Crippen LogP contribution in [0.25, 0.3) is 0 Å². The number of amides is 1. The smallest absolute Gasteiger partial charge is 0.233 e. The third kappa shape index (κ3) is 5.41. The lowest BCUT2D eigenvalue weighted by molar-refractivity contribution is -0.130. The van der Waals surface area contributed by atoms with E-state index in [2.05, 4.69) is 9.97 Å². The lowest BCUT2D eigenvalue weighted by Gasteiger charge is -2.34. The zero-order chi connectivity index (χ0) is 15.4. The summed E-state index contributed by atoms with van der Waals surface area (Å²) in [5.74, 6) is 0.979. The highest BCUT2D eigenvalue weighted by atomic mass is 35.5. The van der Waals surface area contributed by atoms with E-state index in [1.165, 1.54) is 11.8 Å². The third-order valence-electron chi connectivity index (χ3n) is 3.84. The van der Waals surface area contributed by atoms with Crippen molar-refractivity contribution >= 4 is 30.1 Å². The standard InChI is InChI=1S/C15H24N4OS.ClH/c1-10-7-11(2)18-15(17-10)21-9-14(20)19-6-4-5-13(8-19)12(3)16;/h7,12-13H,4-6,8-9,16H2,1-3H3;1H. The molecular weight excluding hydrogens is 320 g/mol. The quantitative estimate of drug-likeness (QED) is 0.669. The Morgan fingerprint density at radius 2 is 2.09 bits per heavy atom. The van der Waals surface area contributed by atoms with E-state index < -0.39 is 0 Å². The van der Waals surface area contributed by atoms with Gasteiger partial charge in [-0.25, -0.2) is 9.97 Å². The molecule has 2 heterocycles. The van der Waals surface area contributed by atoms with Crippen molar-refractivity contribution in [2.75, 3.05) is 18.8 Å². The second-order valence-corrected chi connectivity index (χ2v) is 6.77. The van der Waals surface area contributed by atoms with Gasteiger partial charge in [0.25, 0.3) is 0 Å². The van der Waals surface area contributed by atoms with E-state index in [1.807, 2.05) is 31.7 Å². The Balaban J connectivity index is 0.00000242. The minimum Gasteiger partial charge on any atom is -0.342 e. The monoisotopic (exact) mass is 344 g/mol. The molecule has 1 fully saturated rings. The minimum absolute atomic E-state index is 0. The predicted octanol–water partition coefficient (Wildman–Crippen LogP) is 2.19. The van der Waals surface area contributed by atoms with Crippen LogP contribution in [0.3, 0.4) is 0 Å². The van der Waals surface area contributed by atoms with Gasteiger partial charge in [-0.1, -0.05) is 11.8 Å². The van der Waals surface area contributed by atoms with Gasteiger partial charge < -0.3 is 10.6 Å². The normalized spacial score (nSPS) is 19.5. The van der Waals surface area contributed by atoms with Gasteiger partial charge >= 0.3 is 0 Å². The SMILES string of the molecule is Cc1cc(C)nc(SCC(=O)N2CCCC(C(C)N)C2)n1.Cl. The molecule has 1 aromatic heterocycles. The summed E-state index contributed by atoms with van der Waals surface area (Å²) in [6.45, 7) is 7.54. The fourth-order valence-electron chi connectivity index (χ4n) is 2.64. The highest BCUT2D eigenvalue weighted by Crippen LogP contribution is 2.21. The van der Waals surface area contributed by atoms with E-state index >= 15 is 0 Å². The molecule has 1 amide bonds. The number of nitrogens with two attached hydrogens (primary N) is 1. The predicted molar refractivity (Wildman–Crippen MR) is 92.4 cm³/mol. The van der Waals surface area contributed by atoms with Crippen molar-refractivity contribution in [1.82, 2.24) is 14.9 Å². The van der Waals surface area contributed by atoms with E-state index in [0.29, 0.717) is 16.8 Å². The molecule has 2 N–H and O–H groups in total. The van der Waals surface area contributed by atoms with E-state index in [9.17, 15) is 4.79 Å². The number of carbonyl (C=O) groups is 1. The number of aromatic nitrogens is 2. The highest BCUT2D eigenvalue weighted by Gasteiger charge is 2.25.